The van der Waals surface area contributed by atoms with Crippen molar-refractivity contribution in [1.82, 2.24) is 14.9 Å². The molecule has 1 aliphatic heterocycles. The van der Waals surface area contributed by atoms with Crippen molar-refractivity contribution in [1.29, 1.82) is 0 Å². The lowest BCUT2D eigenvalue weighted by atomic mass is 10.2. The molecule has 0 aliphatic carbocycles. The summed E-state index contributed by atoms with van der Waals surface area (Å²) >= 11 is 0. The summed E-state index contributed by atoms with van der Waals surface area (Å²) in [4.78, 5) is 10.5. The molecular formula is C17H20ClN3O. The molecule has 0 aromatic carbocycles. The van der Waals surface area contributed by atoms with Crippen LogP contribution in [-0.2, 0) is 0 Å². The van der Waals surface area contributed by atoms with Crippen LogP contribution in [0.15, 0.2) is 43.0 Å². The lowest BCUT2D eigenvalue weighted by Crippen LogP contribution is -2.21. The van der Waals surface area contributed by atoms with Gasteiger partial charge in [0, 0.05) is 31.7 Å². The SMILES string of the molecule is CN1CC[C@H](Oc2cncc(/C=C/c3ccncc3)c2)C1.Cl. The summed E-state index contributed by atoms with van der Waals surface area (Å²) in [5, 5.41) is 0. The normalized spacial score (nSPS) is 18.3. The second-order valence-electron chi connectivity index (χ2n) is 5.36. The highest BCUT2D eigenvalue weighted by Crippen LogP contribution is 2.19. The summed E-state index contributed by atoms with van der Waals surface area (Å²) in [7, 11) is 2.12. The van der Waals surface area contributed by atoms with Gasteiger partial charge in [0.15, 0.2) is 0 Å². The van der Waals surface area contributed by atoms with E-state index in [1.807, 2.05) is 36.5 Å². The molecule has 22 heavy (non-hydrogen) atoms. The second-order valence-corrected chi connectivity index (χ2v) is 5.36. The molecule has 1 fully saturated rings. The smallest absolute Gasteiger partial charge is 0.138 e. The first-order chi connectivity index (χ1) is 10.3. The highest BCUT2D eigenvalue weighted by molar-refractivity contribution is 5.85. The van der Waals surface area contributed by atoms with Crippen LogP contribution < -0.4 is 4.74 Å². The van der Waals surface area contributed by atoms with E-state index in [1.54, 1.807) is 18.6 Å². The largest absolute Gasteiger partial charge is 0.487 e. The Bertz CT molecular complexity index is 618. The maximum absolute atomic E-state index is 5.99. The third kappa shape index (κ3) is 4.55. The van der Waals surface area contributed by atoms with Crippen LogP contribution in [0.1, 0.15) is 17.5 Å². The first kappa shape index (κ1) is 16.5. The fraction of sp³-hybridized carbons (Fsp3) is 0.294. The highest BCUT2D eigenvalue weighted by atomic mass is 35.5. The number of hydrogen-bond acceptors (Lipinski definition) is 4. The topological polar surface area (TPSA) is 38.2 Å². The minimum atomic E-state index is 0. The van der Waals surface area contributed by atoms with E-state index < -0.39 is 0 Å². The number of halogens is 1. The van der Waals surface area contributed by atoms with Gasteiger partial charge in [-0.25, -0.2) is 0 Å². The van der Waals surface area contributed by atoms with Crippen molar-refractivity contribution in [2.45, 2.75) is 12.5 Å². The summed E-state index contributed by atoms with van der Waals surface area (Å²) < 4.78 is 5.99. The predicted octanol–water partition coefficient (Wildman–Crippen LogP) is 3.15. The number of ether oxygens (including phenoxy) is 1. The number of aromatic nitrogens is 2. The van der Waals surface area contributed by atoms with Crippen LogP contribution in [0.3, 0.4) is 0 Å². The number of hydrogen-bond donors (Lipinski definition) is 0. The number of rotatable bonds is 4. The van der Waals surface area contributed by atoms with E-state index in [9.17, 15) is 0 Å². The minimum absolute atomic E-state index is 0. The van der Waals surface area contributed by atoms with Crippen LogP contribution in [0.25, 0.3) is 12.2 Å². The van der Waals surface area contributed by atoms with E-state index >= 15 is 0 Å². The fourth-order valence-electron chi connectivity index (χ4n) is 2.44. The van der Waals surface area contributed by atoms with Crippen LogP contribution in [-0.4, -0.2) is 41.1 Å². The third-order valence-electron chi connectivity index (χ3n) is 3.56. The summed E-state index contributed by atoms with van der Waals surface area (Å²) in [5.41, 5.74) is 2.16. The Kier molecular flexibility index (Phi) is 5.92. The molecule has 0 saturated carbocycles. The van der Waals surface area contributed by atoms with Gasteiger partial charge in [0.25, 0.3) is 0 Å². The fourth-order valence-corrected chi connectivity index (χ4v) is 2.44. The molecule has 1 atom stereocenters. The molecule has 5 heteroatoms. The molecular weight excluding hydrogens is 298 g/mol. The molecule has 0 radical (unpaired) electrons. The van der Waals surface area contributed by atoms with Gasteiger partial charge in [-0.2, -0.15) is 0 Å². The third-order valence-corrected chi connectivity index (χ3v) is 3.56. The van der Waals surface area contributed by atoms with E-state index in [4.69, 9.17) is 4.74 Å². The Labute approximate surface area is 137 Å². The number of likely N-dealkylation sites (tertiary alicyclic amines) is 1. The van der Waals surface area contributed by atoms with E-state index in [-0.39, 0.29) is 18.5 Å². The molecule has 0 spiro atoms. The average Bonchev–Trinajstić information content (AvgIpc) is 2.92. The van der Waals surface area contributed by atoms with Gasteiger partial charge in [0.1, 0.15) is 11.9 Å². The summed E-state index contributed by atoms with van der Waals surface area (Å²) in [6, 6.07) is 5.97. The maximum Gasteiger partial charge on any atom is 0.138 e. The van der Waals surface area contributed by atoms with Crippen LogP contribution in [0.4, 0.5) is 0 Å². The van der Waals surface area contributed by atoms with Crippen LogP contribution in [0, 0.1) is 0 Å². The van der Waals surface area contributed by atoms with E-state index in [2.05, 4.69) is 21.9 Å². The minimum Gasteiger partial charge on any atom is -0.487 e. The number of nitrogens with zero attached hydrogens (tertiary/aromatic N) is 3. The Balaban J connectivity index is 0.00000176. The molecule has 116 valence electrons. The van der Waals surface area contributed by atoms with Crippen LogP contribution in [0.5, 0.6) is 5.75 Å². The molecule has 2 aromatic heterocycles. The van der Waals surface area contributed by atoms with Gasteiger partial charge in [-0.1, -0.05) is 12.2 Å². The van der Waals surface area contributed by atoms with Gasteiger partial charge in [0.2, 0.25) is 0 Å². The second kappa shape index (κ2) is 7.92. The maximum atomic E-state index is 5.99. The van der Waals surface area contributed by atoms with E-state index in [0.717, 1.165) is 36.4 Å². The van der Waals surface area contributed by atoms with Crippen molar-refractivity contribution >= 4 is 24.6 Å². The van der Waals surface area contributed by atoms with Crippen LogP contribution >= 0.6 is 12.4 Å². The molecule has 1 aliphatic rings. The summed E-state index contributed by atoms with van der Waals surface area (Å²) in [6.45, 7) is 2.08. The van der Waals surface area contributed by atoms with Crippen molar-refractivity contribution in [2.75, 3.05) is 20.1 Å². The molecule has 3 heterocycles. The van der Waals surface area contributed by atoms with Crippen molar-refractivity contribution < 1.29 is 4.74 Å². The number of likely N-dealkylation sites (N-methyl/N-ethyl adjacent to an activating group) is 1. The lowest BCUT2D eigenvalue weighted by Gasteiger charge is -2.13. The molecule has 0 N–H and O–H groups in total. The Hall–Kier alpha value is -1.91. The quantitative estimate of drug-likeness (QED) is 0.868. The lowest BCUT2D eigenvalue weighted by molar-refractivity contribution is 0.207. The van der Waals surface area contributed by atoms with Gasteiger partial charge in [-0.3, -0.25) is 9.97 Å². The van der Waals surface area contributed by atoms with Gasteiger partial charge < -0.3 is 9.64 Å². The standard InChI is InChI=1S/C17H19N3O.ClH/c1-20-9-6-16(13-20)21-17-10-15(11-19-12-17)3-2-14-4-7-18-8-5-14;/h2-5,7-8,10-12,16H,6,9,13H2,1H3;1H/b3-2+;/t16-;/m0./s1. The molecule has 1 saturated heterocycles. The zero-order valence-corrected chi connectivity index (χ0v) is 13.4. The number of pyridine rings is 2. The molecule has 4 nitrogen and oxygen atoms in total. The van der Waals surface area contributed by atoms with Gasteiger partial charge in [-0.15, -0.1) is 12.4 Å². The van der Waals surface area contributed by atoms with Crippen molar-refractivity contribution in [3.63, 3.8) is 0 Å². The highest BCUT2D eigenvalue weighted by Gasteiger charge is 2.20. The van der Waals surface area contributed by atoms with Crippen molar-refractivity contribution in [3.05, 3.63) is 54.1 Å². The van der Waals surface area contributed by atoms with Crippen molar-refractivity contribution in [2.24, 2.45) is 0 Å². The predicted molar refractivity (Wildman–Crippen MR) is 91.2 cm³/mol. The van der Waals surface area contributed by atoms with Gasteiger partial charge in [-0.05, 0) is 42.8 Å². The summed E-state index contributed by atoms with van der Waals surface area (Å²) in [6.07, 6.45) is 12.6. The summed E-state index contributed by atoms with van der Waals surface area (Å²) in [5.74, 6) is 0.840. The molecule has 0 unspecified atom stereocenters. The van der Waals surface area contributed by atoms with E-state index in [0.29, 0.717) is 0 Å². The van der Waals surface area contributed by atoms with Crippen LogP contribution in [0.2, 0.25) is 0 Å². The van der Waals surface area contributed by atoms with E-state index in [1.165, 1.54) is 0 Å². The van der Waals surface area contributed by atoms with Gasteiger partial charge in [0.05, 0.1) is 6.20 Å². The first-order valence-corrected chi connectivity index (χ1v) is 7.18. The zero-order chi connectivity index (χ0) is 14.5. The van der Waals surface area contributed by atoms with Gasteiger partial charge >= 0.3 is 0 Å². The monoisotopic (exact) mass is 317 g/mol. The molecule has 3 rings (SSSR count). The molecule has 2 aromatic rings. The zero-order valence-electron chi connectivity index (χ0n) is 12.6. The Morgan fingerprint density at radius 1 is 1.14 bits per heavy atom. The molecule has 0 amide bonds. The van der Waals surface area contributed by atoms with Crippen molar-refractivity contribution in [3.8, 4) is 5.75 Å². The Morgan fingerprint density at radius 2 is 1.91 bits per heavy atom. The molecule has 0 bridgehead atoms. The average molecular weight is 318 g/mol. The Morgan fingerprint density at radius 3 is 2.64 bits per heavy atom. The first-order valence-electron chi connectivity index (χ1n) is 7.18.